The summed E-state index contributed by atoms with van der Waals surface area (Å²) in [5.74, 6) is 0. The van der Waals surface area contributed by atoms with Gasteiger partial charge in [-0.05, 0) is 55.5 Å². The number of hydrogen-bond donors (Lipinski definition) is 1. The lowest BCUT2D eigenvalue weighted by atomic mass is 9.94. The van der Waals surface area contributed by atoms with Crippen LogP contribution >= 0.6 is 0 Å². The molecule has 0 atom stereocenters. The van der Waals surface area contributed by atoms with Crippen LogP contribution in [-0.4, -0.2) is 24.8 Å². The monoisotopic (exact) mass is 381 g/mol. The average Bonchev–Trinajstić information content (AvgIpc) is 2.79. The van der Waals surface area contributed by atoms with Crippen LogP contribution in [0.3, 0.4) is 0 Å². The Labute approximate surface area is 166 Å². The Morgan fingerprint density at radius 3 is 2.36 bits per heavy atom. The second kappa shape index (κ2) is 6.89. The van der Waals surface area contributed by atoms with Crippen molar-refractivity contribution in [2.75, 3.05) is 0 Å². The maximum Gasteiger partial charge on any atom is 0.330 e. The average molecular weight is 382 g/mol. The van der Waals surface area contributed by atoms with Gasteiger partial charge in [0.1, 0.15) is 0 Å². The highest BCUT2D eigenvalue weighted by molar-refractivity contribution is 5.77. The standard InChI is InChI=1S/C23H31N3O2/c1-15-8-9-16(13-23(5,6)28)12-17(15)18-10-11-19-20(24-18)25(7)21(27)26(19)14-22(2,3)4/h8-12,28H,13-14H2,1-7H3. The molecule has 0 saturated heterocycles. The van der Waals surface area contributed by atoms with Gasteiger partial charge < -0.3 is 5.11 Å². The maximum absolute atomic E-state index is 12.7. The van der Waals surface area contributed by atoms with Gasteiger partial charge in [-0.1, -0.05) is 32.9 Å². The zero-order valence-corrected chi connectivity index (χ0v) is 18.0. The van der Waals surface area contributed by atoms with Gasteiger partial charge in [0, 0.05) is 25.6 Å². The summed E-state index contributed by atoms with van der Waals surface area (Å²) in [6.07, 6.45) is 0.572. The van der Waals surface area contributed by atoms with E-state index in [0.717, 1.165) is 27.9 Å². The molecular formula is C23H31N3O2. The molecule has 0 amide bonds. The number of imidazole rings is 1. The molecule has 150 valence electrons. The molecule has 0 saturated carbocycles. The first-order valence-corrected chi connectivity index (χ1v) is 9.74. The van der Waals surface area contributed by atoms with E-state index in [-0.39, 0.29) is 11.1 Å². The number of benzene rings is 1. The summed E-state index contributed by atoms with van der Waals surface area (Å²) in [5.41, 5.74) is 4.79. The topological polar surface area (TPSA) is 60.1 Å². The van der Waals surface area contributed by atoms with E-state index in [0.29, 0.717) is 18.6 Å². The fraction of sp³-hybridized carbons (Fsp3) is 0.478. The van der Waals surface area contributed by atoms with Crippen LogP contribution in [0.4, 0.5) is 0 Å². The van der Waals surface area contributed by atoms with Crippen LogP contribution in [0.5, 0.6) is 0 Å². The van der Waals surface area contributed by atoms with Crippen LogP contribution in [0.25, 0.3) is 22.4 Å². The molecule has 0 aliphatic carbocycles. The normalized spacial score (nSPS) is 12.7. The van der Waals surface area contributed by atoms with Crippen molar-refractivity contribution in [2.24, 2.45) is 12.5 Å². The summed E-state index contributed by atoms with van der Waals surface area (Å²) < 4.78 is 3.43. The SMILES string of the molecule is Cc1ccc(CC(C)(C)O)cc1-c1ccc2c(n1)n(C)c(=O)n2CC(C)(C)C. The number of hydrogen-bond acceptors (Lipinski definition) is 3. The van der Waals surface area contributed by atoms with Gasteiger partial charge in [0.2, 0.25) is 0 Å². The Morgan fingerprint density at radius 2 is 1.75 bits per heavy atom. The van der Waals surface area contributed by atoms with Crippen molar-refractivity contribution in [2.45, 2.75) is 60.1 Å². The van der Waals surface area contributed by atoms with E-state index in [9.17, 15) is 9.90 Å². The van der Waals surface area contributed by atoms with Crippen LogP contribution in [0.15, 0.2) is 35.1 Å². The van der Waals surface area contributed by atoms with Gasteiger partial charge in [0.25, 0.3) is 0 Å². The highest BCUT2D eigenvalue weighted by atomic mass is 16.3. The minimum absolute atomic E-state index is 0.00119. The molecule has 5 heteroatoms. The number of aliphatic hydroxyl groups is 1. The van der Waals surface area contributed by atoms with Crippen molar-refractivity contribution in [3.63, 3.8) is 0 Å². The molecule has 0 spiro atoms. The lowest BCUT2D eigenvalue weighted by Crippen LogP contribution is -2.27. The highest BCUT2D eigenvalue weighted by Gasteiger charge is 2.19. The number of fused-ring (bicyclic) bond motifs is 1. The molecule has 0 unspecified atom stereocenters. The van der Waals surface area contributed by atoms with Crippen LogP contribution in [0.1, 0.15) is 45.7 Å². The summed E-state index contributed by atoms with van der Waals surface area (Å²) in [6.45, 7) is 12.7. The fourth-order valence-corrected chi connectivity index (χ4v) is 3.61. The van der Waals surface area contributed by atoms with Gasteiger partial charge >= 0.3 is 5.69 Å². The summed E-state index contributed by atoms with van der Waals surface area (Å²) in [6, 6.07) is 10.2. The molecule has 5 nitrogen and oxygen atoms in total. The molecule has 2 aromatic heterocycles. The molecule has 28 heavy (non-hydrogen) atoms. The molecule has 3 rings (SSSR count). The van der Waals surface area contributed by atoms with Crippen molar-refractivity contribution >= 4 is 11.2 Å². The minimum atomic E-state index is -0.766. The lowest BCUT2D eigenvalue weighted by Gasteiger charge is -2.19. The zero-order chi connectivity index (χ0) is 20.9. The Balaban J connectivity index is 2.12. The van der Waals surface area contributed by atoms with Gasteiger partial charge in [-0.15, -0.1) is 0 Å². The number of aryl methyl sites for hydroxylation is 2. The Hall–Kier alpha value is -2.40. The Kier molecular flexibility index (Phi) is 5.00. The molecular weight excluding hydrogens is 350 g/mol. The van der Waals surface area contributed by atoms with Gasteiger partial charge in [-0.3, -0.25) is 9.13 Å². The van der Waals surface area contributed by atoms with Crippen molar-refractivity contribution in [3.05, 3.63) is 51.9 Å². The molecule has 0 aliphatic heterocycles. The Bertz CT molecular complexity index is 1080. The third kappa shape index (κ3) is 4.20. The number of pyridine rings is 1. The van der Waals surface area contributed by atoms with E-state index in [1.807, 2.05) is 36.6 Å². The van der Waals surface area contributed by atoms with Crippen LogP contribution < -0.4 is 5.69 Å². The first kappa shape index (κ1) is 20.3. The third-order valence-electron chi connectivity index (χ3n) is 4.83. The quantitative estimate of drug-likeness (QED) is 0.741. The molecule has 0 aliphatic rings. The Morgan fingerprint density at radius 1 is 1.07 bits per heavy atom. The van der Waals surface area contributed by atoms with Crippen molar-refractivity contribution < 1.29 is 5.11 Å². The van der Waals surface area contributed by atoms with Crippen molar-refractivity contribution in [1.82, 2.24) is 14.1 Å². The van der Waals surface area contributed by atoms with E-state index in [1.54, 1.807) is 11.6 Å². The molecule has 0 fully saturated rings. The van der Waals surface area contributed by atoms with Crippen molar-refractivity contribution in [1.29, 1.82) is 0 Å². The highest BCUT2D eigenvalue weighted by Crippen LogP contribution is 2.27. The van der Waals surface area contributed by atoms with Gasteiger partial charge in [-0.25, -0.2) is 9.78 Å². The van der Waals surface area contributed by atoms with Crippen LogP contribution in [0.2, 0.25) is 0 Å². The van der Waals surface area contributed by atoms with E-state index in [1.165, 1.54) is 0 Å². The number of nitrogens with zero attached hydrogens (tertiary/aromatic N) is 3. The number of aromatic nitrogens is 3. The predicted molar refractivity (Wildman–Crippen MR) is 115 cm³/mol. The molecule has 0 radical (unpaired) electrons. The van der Waals surface area contributed by atoms with Gasteiger partial charge in [0.15, 0.2) is 5.65 Å². The smallest absolute Gasteiger partial charge is 0.330 e. The van der Waals surface area contributed by atoms with E-state index in [2.05, 4.69) is 39.8 Å². The molecule has 1 N–H and O–H groups in total. The first-order chi connectivity index (χ1) is 12.9. The predicted octanol–water partition coefficient (Wildman–Crippen LogP) is 4.07. The fourth-order valence-electron chi connectivity index (χ4n) is 3.61. The number of rotatable bonds is 4. The summed E-state index contributed by atoms with van der Waals surface area (Å²) in [4.78, 5) is 17.6. The molecule has 2 heterocycles. The molecule has 3 aromatic rings. The minimum Gasteiger partial charge on any atom is -0.390 e. The summed E-state index contributed by atoms with van der Waals surface area (Å²) >= 11 is 0. The lowest BCUT2D eigenvalue weighted by molar-refractivity contribution is 0.0810. The third-order valence-corrected chi connectivity index (χ3v) is 4.83. The zero-order valence-electron chi connectivity index (χ0n) is 18.0. The molecule has 0 bridgehead atoms. The van der Waals surface area contributed by atoms with Crippen LogP contribution in [-0.2, 0) is 20.0 Å². The van der Waals surface area contributed by atoms with E-state index < -0.39 is 5.60 Å². The second-order valence-electron chi connectivity index (χ2n) is 9.67. The molecule has 1 aromatic carbocycles. The van der Waals surface area contributed by atoms with Gasteiger partial charge in [-0.2, -0.15) is 0 Å². The summed E-state index contributed by atoms with van der Waals surface area (Å²) in [7, 11) is 1.78. The van der Waals surface area contributed by atoms with Crippen molar-refractivity contribution in [3.8, 4) is 11.3 Å². The second-order valence-corrected chi connectivity index (χ2v) is 9.67. The first-order valence-electron chi connectivity index (χ1n) is 9.74. The van der Waals surface area contributed by atoms with E-state index >= 15 is 0 Å². The largest absolute Gasteiger partial charge is 0.390 e. The van der Waals surface area contributed by atoms with E-state index in [4.69, 9.17) is 4.98 Å². The summed E-state index contributed by atoms with van der Waals surface area (Å²) in [5, 5.41) is 10.1. The maximum atomic E-state index is 12.7. The van der Waals surface area contributed by atoms with Crippen LogP contribution in [0, 0.1) is 12.3 Å². The van der Waals surface area contributed by atoms with Gasteiger partial charge in [0.05, 0.1) is 16.8 Å².